The Kier molecular flexibility index (Phi) is 4.51. The SMILES string of the molecule is Cn1c(=O)ccn(CC(=O)Nc2nc(CC(N)=O)cs2)c1=O. The van der Waals surface area contributed by atoms with Gasteiger partial charge in [-0.25, -0.2) is 9.78 Å². The molecule has 9 nitrogen and oxygen atoms in total. The molecule has 116 valence electrons. The van der Waals surface area contributed by atoms with Crippen LogP contribution in [0.2, 0.25) is 0 Å². The van der Waals surface area contributed by atoms with Gasteiger partial charge >= 0.3 is 5.69 Å². The van der Waals surface area contributed by atoms with Crippen molar-refractivity contribution in [1.29, 1.82) is 0 Å². The van der Waals surface area contributed by atoms with E-state index in [1.165, 1.54) is 19.3 Å². The van der Waals surface area contributed by atoms with Crippen molar-refractivity contribution in [3.8, 4) is 0 Å². The summed E-state index contributed by atoms with van der Waals surface area (Å²) < 4.78 is 2.01. The number of thiazole rings is 1. The van der Waals surface area contributed by atoms with Gasteiger partial charge in [-0.1, -0.05) is 0 Å². The number of nitrogens with one attached hydrogen (secondary N) is 1. The monoisotopic (exact) mass is 323 g/mol. The molecule has 2 heterocycles. The molecule has 2 rings (SSSR count). The van der Waals surface area contributed by atoms with Gasteiger partial charge in [-0.2, -0.15) is 0 Å². The van der Waals surface area contributed by atoms with Crippen LogP contribution in [-0.2, 0) is 29.6 Å². The maximum atomic E-state index is 11.9. The van der Waals surface area contributed by atoms with Crippen molar-refractivity contribution >= 4 is 28.3 Å². The van der Waals surface area contributed by atoms with Crippen LogP contribution in [0, 0.1) is 0 Å². The largest absolute Gasteiger partial charge is 0.369 e. The van der Waals surface area contributed by atoms with Crippen LogP contribution in [0.3, 0.4) is 0 Å². The molecular formula is C12H13N5O4S. The Morgan fingerprint density at radius 2 is 2.14 bits per heavy atom. The first-order chi connectivity index (χ1) is 10.4. The van der Waals surface area contributed by atoms with Gasteiger partial charge in [0.1, 0.15) is 6.54 Å². The van der Waals surface area contributed by atoms with E-state index in [2.05, 4.69) is 10.3 Å². The van der Waals surface area contributed by atoms with E-state index >= 15 is 0 Å². The molecule has 0 aliphatic heterocycles. The zero-order chi connectivity index (χ0) is 16.3. The minimum atomic E-state index is -0.587. The van der Waals surface area contributed by atoms with Gasteiger partial charge < -0.3 is 11.1 Å². The Labute approximate surface area is 128 Å². The minimum absolute atomic E-state index is 0.00732. The Bertz CT molecular complexity index is 835. The minimum Gasteiger partial charge on any atom is -0.369 e. The lowest BCUT2D eigenvalue weighted by Gasteiger charge is -2.06. The van der Waals surface area contributed by atoms with Crippen LogP contribution in [0.4, 0.5) is 5.13 Å². The molecule has 0 aliphatic carbocycles. The molecule has 0 atom stereocenters. The van der Waals surface area contributed by atoms with E-state index in [1.807, 2.05) is 0 Å². The van der Waals surface area contributed by atoms with Crippen molar-refractivity contribution in [2.75, 3.05) is 5.32 Å². The number of primary amides is 1. The van der Waals surface area contributed by atoms with Gasteiger partial charge in [0.25, 0.3) is 5.56 Å². The molecule has 0 bridgehead atoms. The van der Waals surface area contributed by atoms with Crippen LogP contribution >= 0.6 is 11.3 Å². The molecule has 0 spiro atoms. The topological polar surface area (TPSA) is 129 Å². The summed E-state index contributed by atoms with van der Waals surface area (Å²) in [6, 6.07) is 1.20. The molecule has 3 N–H and O–H groups in total. The van der Waals surface area contributed by atoms with Gasteiger partial charge in [0, 0.05) is 24.7 Å². The number of anilines is 1. The number of carbonyl (C=O) groups is 2. The highest BCUT2D eigenvalue weighted by Crippen LogP contribution is 2.15. The summed E-state index contributed by atoms with van der Waals surface area (Å²) in [7, 11) is 1.33. The summed E-state index contributed by atoms with van der Waals surface area (Å²) in [6.45, 7) is -0.252. The fourth-order valence-corrected chi connectivity index (χ4v) is 2.40. The standard InChI is InChI=1S/C12H13N5O4S/c1-16-10(20)2-3-17(12(16)21)5-9(19)15-11-14-7(6-22-11)4-8(13)18/h2-3,6H,4-5H2,1H3,(H2,13,18)(H,14,15,19). The third-order valence-corrected chi connectivity index (χ3v) is 3.53. The van der Waals surface area contributed by atoms with E-state index in [0.29, 0.717) is 10.8 Å². The maximum absolute atomic E-state index is 11.9. The van der Waals surface area contributed by atoms with Crippen molar-refractivity contribution in [3.05, 3.63) is 44.2 Å². The van der Waals surface area contributed by atoms with Crippen molar-refractivity contribution < 1.29 is 9.59 Å². The summed E-state index contributed by atoms with van der Waals surface area (Å²) in [4.78, 5) is 49.7. The molecule has 0 aromatic carbocycles. The first-order valence-corrected chi connectivity index (χ1v) is 7.04. The molecule has 2 aromatic heterocycles. The molecule has 0 saturated carbocycles. The summed E-state index contributed by atoms with van der Waals surface area (Å²) in [6.07, 6.45) is 1.25. The van der Waals surface area contributed by atoms with E-state index < -0.39 is 23.1 Å². The van der Waals surface area contributed by atoms with Gasteiger partial charge in [0.2, 0.25) is 11.8 Å². The Morgan fingerprint density at radius 3 is 2.82 bits per heavy atom. The fourth-order valence-electron chi connectivity index (χ4n) is 1.67. The third kappa shape index (κ3) is 3.67. The third-order valence-electron chi connectivity index (χ3n) is 2.73. The number of aromatic nitrogens is 3. The lowest BCUT2D eigenvalue weighted by molar-refractivity contribution is -0.117. The molecule has 0 unspecified atom stereocenters. The van der Waals surface area contributed by atoms with E-state index in [4.69, 9.17) is 5.73 Å². The number of nitrogens with zero attached hydrogens (tertiary/aromatic N) is 3. The second-order valence-corrected chi connectivity index (χ2v) is 5.32. The summed E-state index contributed by atoms with van der Waals surface area (Å²) >= 11 is 1.15. The predicted molar refractivity (Wildman–Crippen MR) is 79.6 cm³/mol. The number of carbonyl (C=O) groups excluding carboxylic acids is 2. The highest BCUT2D eigenvalue weighted by molar-refractivity contribution is 7.13. The lowest BCUT2D eigenvalue weighted by atomic mass is 10.3. The molecule has 10 heteroatoms. The molecule has 0 radical (unpaired) electrons. The first-order valence-electron chi connectivity index (χ1n) is 6.16. The number of nitrogens with two attached hydrogens (primary N) is 1. The molecule has 0 aliphatic rings. The second-order valence-electron chi connectivity index (χ2n) is 4.46. The van der Waals surface area contributed by atoms with Crippen molar-refractivity contribution in [2.45, 2.75) is 13.0 Å². The normalized spacial score (nSPS) is 10.4. The van der Waals surface area contributed by atoms with E-state index in [-0.39, 0.29) is 13.0 Å². The maximum Gasteiger partial charge on any atom is 0.331 e. The van der Waals surface area contributed by atoms with E-state index in [1.54, 1.807) is 5.38 Å². The van der Waals surface area contributed by atoms with Gasteiger partial charge in [-0.05, 0) is 0 Å². The average Bonchev–Trinajstić information content (AvgIpc) is 2.85. The average molecular weight is 323 g/mol. The van der Waals surface area contributed by atoms with Crippen molar-refractivity contribution in [2.24, 2.45) is 12.8 Å². The van der Waals surface area contributed by atoms with E-state index in [0.717, 1.165) is 20.5 Å². The van der Waals surface area contributed by atoms with Crippen LogP contribution in [0.5, 0.6) is 0 Å². The van der Waals surface area contributed by atoms with Gasteiger partial charge in [0.15, 0.2) is 5.13 Å². The molecule has 2 aromatic rings. The molecular weight excluding hydrogens is 310 g/mol. The quantitative estimate of drug-likeness (QED) is 0.704. The zero-order valence-electron chi connectivity index (χ0n) is 11.6. The van der Waals surface area contributed by atoms with Crippen molar-refractivity contribution in [1.82, 2.24) is 14.1 Å². The Morgan fingerprint density at radius 1 is 1.41 bits per heavy atom. The molecule has 2 amide bonds. The van der Waals surface area contributed by atoms with Crippen molar-refractivity contribution in [3.63, 3.8) is 0 Å². The number of hydrogen-bond acceptors (Lipinski definition) is 6. The number of rotatable bonds is 5. The zero-order valence-corrected chi connectivity index (χ0v) is 12.4. The molecule has 0 fully saturated rings. The second kappa shape index (κ2) is 6.35. The van der Waals surface area contributed by atoms with Gasteiger partial charge in [-0.15, -0.1) is 11.3 Å². The smallest absolute Gasteiger partial charge is 0.331 e. The van der Waals surface area contributed by atoms with E-state index in [9.17, 15) is 19.2 Å². The highest BCUT2D eigenvalue weighted by Gasteiger charge is 2.10. The summed E-state index contributed by atoms with van der Waals surface area (Å²) in [5.74, 6) is -0.986. The van der Waals surface area contributed by atoms with Crippen LogP contribution in [0.1, 0.15) is 5.69 Å². The number of hydrogen-bond donors (Lipinski definition) is 2. The van der Waals surface area contributed by atoms with Crippen LogP contribution in [0.25, 0.3) is 0 Å². The molecule has 0 saturated heterocycles. The Balaban J connectivity index is 2.06. The summed E-state index contributed by atoms with van der Waals surface area (Å²) in [5.41, 5.74) is 4.48. The van der Waals surface area contributed by atoms with Gasteiger partial charge in [-0.3, -0.25) is 23.5 Å². The van der Waals surface area contributed by atoms with Crippen LogP contribution in [0.15, 0.2) is 27.2 Å². The number of amides is 2. The first kappa shape index (κ1) is 15.6. The Hall–Kier alpha value is -2.75. The fraction of sp³-hybridized carbons (Fsp3) is 0.250. The van der Waals surface area contributed by atoms with Crippen LogP contribution in [-0.4, -0.2) is 25.9 Å². The predicted octanol–water partition coefficient (Wildman–Crippen LogP) is -1.33. The van der Waals surface area contributed by atoms with Gasteiger partial charge in [0.05, 0.1) is 12.1 Å². The summed E-state index contributed by atoms with van der Waals surface area (Å²) in [5, 5.41) is 4.43. The van der Waals surface area contributed by atoms with Crippen LogP contribution < -0.4 is 22.3 Å². The highest BCUT2D eigenvalue weighted by atomic mass is 32.1. The molecule has 22 heavy (non-hydrogen) atoms. The lowest BCUT2D eigenvalue weighted by Crippen LogP contribution is -2.38.